The van der Waals surface area contributed by atoms with Gasteiger partial charge in [0.1, 0.15) is 17.7 Å². The van der Waals surface area contributed by atoms with Crippen LogP contribution >= 0.6 is 0 Å². The molecule has 3 rings (SSSR count). The quantitative estimate of drug-likeness (QED) is 0.818. The van der Waals surface area contributed by atoms with Crippen LogP contribution in [0.15, 0.2) is 42.5 Å². The van der Waals surface area contributed by atoms with Gasteiger partial charge in [-0.2, -0.15) is 0 Å². The van der Waals surface area contributed by atoms with Crippen molar-refractivity contribution in [3.8, 4) is 16.9 Å². The Hall–Kier alpha value is -1.96. The van der Waals surface area contributed by atoms with E-state index >= 15 is 0 Å². The van der Waals surface area contributed by atoms with Gasteiger partial charge in [0.15, 0.2) is 0 Å². The van der Waals surface area contributed by atoms with Crippen molar-refractivity contribution >= 4 is 10.0 Å². The Morgan fingerprint density at radius 3 is 2.48 bits per heavy atom. The Morgan fingerprint density at radius 1 is 1.15 bits per heavy atom. The van der Waals surface area contributed by atoms with Gasteiger partial charge in [-0.15, -0.1) is 0 Å². The van der Waals surface area contributed by atoms with Crippen LogP contribution in [0, 0.1) is 12.7 Å². The molecule has 0 unspecified atom stereocenters. The lowest BCUT2D eigenvalue weighted by Gasteiger charge is -2.21. The molecule has 1 N–H and O–H groups in total. The largest absolute Gasteiger partial charge is 0.486 e. The van der Waals surface area contributed by atoms with Crippen molar-refractivity contribution in [2.24, 2.45) is 0 Å². The number of sulfonamides is 1. The average Bonchev–Trinajstić information content (AvgIpc) is 3.02. The number of aryl methyl sites for hydroxylation is 1. The van der Waals surface area contributed by atoms with Crippen molar-refractivity contribution in [1.82, 2.24) is 4.72 Å². The SMILES string of the molecule is Cc1cc(F)ccc1-c1ccc(O[C@@H]2COC[C@@H]2NS(=O)(=O)C(C)C)cc1. The van der Waals surface area contributed by atoms with E-state index in [1.807, 2.05) is 31.2 Å². The van der Waals surface area contributed by atoms with Crippen LogP contribution in [0.1, 0.15) is 19.4 Å². The highest BCUT2D eigenvalue weighted by atomic mass is 32.2. The lowest BCUT2D eigenvalue weighted by Crippen LogP contribution is -2.47. The molecular weight excluding hydrogens is 369 g/mol. The molecule has 0 aromatic heterocycles. The first-order valence-corrected chi connectivity index (χ1v) is 10.4. The number of hydrogen-bond donors (Lipinski definition) is 1. The first-order valence-electron chi connectivity index (χ1n) is 8.88. The lowest BCUT2D eigenvalue weighted by molar-refractivity contribution is 0.140. The molecule has 0 bridgehead atoms. The van der Waals surface area contributed by atoms with Crippen molar-refractivity contribution < 1.29 is 22.3 Å². The molecule has 0 spiro atoms. The number of ether oxygens (including phenoxy) is 2. The van der Waals surface area contributed by atoms with Gasteiger partial charge in [-0.3, -0.25) is 0 Å². The summed E-state index contributed by atoms with van der Waals surface area (Å²) in [5.74, 6) is 0.370. The summed E-state index contributed by atoms with van der Waals surface area (Å²) in [4.78, 5) is 0. The summed E-state index contributed by atoms with van der Waals surface area (Å²) in [5.41, 5.74) is 2.77. The second kappa shape index (κ2) is 7.96. The topological polar surface area (TPSA) is 64.6 Å². The third kappa shape index (κ3) is 4.66. The highest BCUT2D eigenvalue weighted by molar-refractivity contribution is 7.90. The van der Waals surface area contributed by atoms with E-state index in [9.17, 15) is 12.8 Å². The predicted molar refractivity (Wildman–Crippen MR) is 103 cm³/mol. The van der Waals surface area contributed by atoms with Crippen LogP contribution in [-0.4, -0.2) is 39.0 Å². The minimum atomic E-state index is -3.40. The highest BCUT2D eigenvalue weighted by Gasteiger charge is 2.34. The smallest absolute Gasteiger partial charge is 0.214 e. The Balaban J connectivity index is 1.70. The molecule has 0 saturated carbocycles. The molecule has 0 radical (unpaired) electrons. The second-order valence-electron chi connectivity index (χ2n) is 7.00. The van der Waals surface area contributed by atoms with Crippen molar-refractivity contribution in [1.29, 1.82) is 0 Å². The van der Waals surface area contributed by atoms with Crippen molar-refractivity contribution in [2.45, 2.75) is 38.2 Å². The molecule has 1 fully saturated rings. The maximum Gasteiger partial charge on any atom is 0.214 e. The van der Waals surface area contributed by atoms with Crippen LogP contribution in [0.3, 0.4) is 0 Å². The van der Waals surface area contributed by atoms with Gasteiger partial charge in [0, 0.05) is 0 Å². The molecule has 7 heteroatoms. The van der Waals surface area contributed by atoms with Gasteiger partial charge in [-0.1, -0.05) is 18.2 Å². The number of nitrogens with one attached hydrogen (secondary N) is 1. The molecule has 2 aromatic rings. The van der Waals surface area contributed by atoms with Crippen LogP contribution in [0.2, 0.25) is 0 Å². The molecule has 1 saturated heterocycles. The Morgan fingerprint density at radius 2 is 1.85 bits per heavy atom. The minimum absolute atomic E-state index is 0.257. The van der Waals surface area contributed by atoms with Crippen LogP contribution in [-0.2, 0) is 14.8 Å². The van der Waals surface area contributed by atoms with Crippen molar-refractivity contribution in [2.75, 3.05) is 13.2 Å². The third-order valence-corrected chi connectivity index (χ3v) is 6.48. The maximum atomic E-state index is 13.3. The van der Waals surface area contributed by atoms with E-state index in [4.69, 9.17) is 9.47 Å². The molecule has 1 aliphatic heterocycles. The van der Waals surface area contributed by atoms with Crippen LogP contribution in [0.5, 0.6) is 5.75 Å². The summed E-state index contributed by atoms with van der Waals surface area (Å²) >= 11 is 0. The molecule has 27 heavy (non-hydrogen) atoms. The molecule has 0 aliphatic carbocycles. The maximum absolute atomic E-state index is 13.3. The zero-order chi connectivity index (χ0) is 19.6. The summed E-state index contributed by atoms with van der Waals surface area (Å²) in [6, 6.07) is 11.7. The lowest BCUT2D eigenvalue weighted by atomic mass is 10.0. The van der Waals surface area contributed by atoms with Crippen LogP contribution in [0.4, 0.5) is 4.39 Å². The fraction of sp³-hybridized carbons (Fsp3) is 0.400. The van der Waals surface area contributed by atoms with E-state index in [-0.39, 0.29) is 12.4 Å². The van der Waals surface area contributed by atoms with Gasteiger partial charge >= 0.3 is 0 Å². The third-order valence-electron chi connectivity index (χ3n) is 4.61. The molecular formula is C20H24FNO4S. The van der Waals surface area contributed by atoms with Crippen molar-refractivity contribution in [3.05, 3.63) is 53.8 Å². The fourth-order valence-electron chi connectivity index (χ4n) is 2.95. The summed E-state index contributed by atoms with van der Waals surface area (Å²) in [6.45, 7) is 5.73. The first kappa shape index (κ1) is 19.8. The predicted octanol–water partition coefficient (Wildman–Crippen LogP) is 3.28. The first-order chi connectivity index (χ1) is 12.8. The number of halogens is 1. The molecule has 2 aromatic carbocycles. The summed E-state index contributed by atoms with van der Waals surface area (Å²) in [6.07, 6.45) is -0.392. The molecule has 0 amide bonds. The van der Waals surface area contributed by atoms with E-state index < -0.39 is 27.4 Å². The molecule has 2 atom stereocenters. The van der Waals surface area contributed by atoms with E-state index in [0.29, 0.717) is 12.4 Å². The van der Waals surface area contributed by atoms with Gasteiger partial charge < -0.3 is 9.47 Å². The molecule has 1 heterocycles. The molecule has 1 aliphatic rings. The Bertz CT molecular complexity index is 897. The van der Waals surface area contributed by atoms with Gasteiger partial charge in [0.25, 0.3) is 0 Å². The zero-order valence-corrected chi connectivity index (χ0v) is 16.4. The Kier molecular flexibility index (Phi) is 5.83. The molecule has 5 nitrogen and oxygen atoms in total. The van der Waals surface area contributed by atoms with Gasteiger partial charge in [0.05, 0.1) is 24.5 Å². The second-order valence-corrected chi connectivity index (χ2v) is 9.26. The zero-order valence-electron chi connectivity index (χ0n) is 15.6. The van der Waals surface area contributed by atoms with Gasteiger partial charge in [-0.05, 0) is 61.7 Å². The van der Waals surface area contributed by atoms with E-state index in [0.717, 1.165) is 16.7 Å². The number of benzene rings is 2. The number of hydrogen-bond acceptors (Lipinski definition) is 4. The van der Waals surface area contributed by atoms with E-state index in [1.165, 1.54) is 12.1 Å². The summed E-state index contributed by atoms with van der Waals surface area (Å²) in [7, 11) is -3.40. The van der Waals surface area contributed by atoms with Crippen LogP contribution in [0.25, 0.3) is 11.1 Å². The minimum Gasteiger partial charge on any atom is -0.486 e. The van der Waals surface area contributed by atoms with E-state index in [1.54, 1.807) is 19.9 Å². The van der Waals surface area contributed by atoms with Gasteiger partial charge in [0.2, 0.25) is 10.0 Å². The van der Waals surface area contributed by atoms with Crippen LogP contribution < -0.4 is 9.46 Å². The normalized spacial score (nSPS) is 20.2. The van der Waals surface area contributed by atoms with Crippen molar-refractivity contribution in [3.63, 3.8) is 0 Å². The standard InChI is InChI=1S/C20H24FNO4S/c1-13(2)27(23,24)22-19-11-25-12-20(19)26-17-7-4-15(5-8-17)18-9-6-16(21)10-14(18)3/h4-10,13,19-20,22H,11-12H2,1-3H3/t19-,20+/m0/s1. The fourth-order valence-corrected chi connectivity index (χ4v) is 3.86. The average molecular weight is 393 g/mol. The highest BCUT2D eigenvalue weighted by Crippen LogP contribution is 2.27. The Labute approximate surface area is 159 Å². The van der Waals surface area contributed by atoms with Gasteiger partial charge in [-0.25, -0.2) is 17.5 Å². The summed E-state index contributed by atoms with van der Waals surface area (Å²) in [5, 5.41) is -0.517. The monoisotopic (exact) mass is 393 g/mol. The number of rotatable bonds is 6. The summed E-state index contributed by atoms with van der Waals surface area (Å²) < 4.78 is 51.5. The molecule has 146 valence electrons. The van der Waals surface area contributed by atoms with E-state index in [2.05, 4.69) is 4.72 Å².